The zero-order valence-corrected chi connectivity index (χ0v) is 12.4. The number of unbranched alkanes of at least 4 members (excludes halogenated alkanes) is 1. The molecule has 19 heavy (non-hydrogen) atoms. The van der Waals surface area contributed by atoms with E-state index in [4.69, 9.17) is 0 Å². The highest BCUT2D eigenvalue weighted by atomic mass is 16.2. The molecule has 0 unspecified atom stereocenters. The molecule has 0 aliphatic carbocycles. The first-order chi connectivity index (χ1) is 9.22. The van der Waals surface area contributed by atoms with Crippen LogP contribution in [0.2, 0.25) is 0 Å². The van der Waals surface area contributed by atoms with Crippen LogP contribution in [0.5, 0.6) is 0 Å². The predicted octanol–water partition coefficient (Wildman–Crippen LogP) is 3.36. The normalized spacial score (nSPS) is 10.5. The highest BCUT2D eigenvalue weighted by Crippen LogP contribution is 2.12. The van der Waals surface area contributed by atoms with Crippen molar-refractivity contribution >= 4 is 11.9 Å². The molecule has 0 spiro atoms. The molecule has 0 aliphatic rings. The number of hydrogen-bond acceptors (Lipinski definition) is 3. The van der Waals surface area contributed by atoms with Gasteiger partial charge in [0.05, 0.1) is 0 Å². The Morgan fingerprint density at radius 3 is 2.63 bits per heavy atom. The van der Waals surface area contributed by atoms with Gasteiger partial charge in [0.1, 0.15) is 0 Å². The van der Waals surface area contributed by atoms with Gasteiger partial charge in [0.25, 0.3) is 0 Å². The monoisotopic (exact) mass is 263 g/mol. The average Bonchev–Trinajstić information content (AvgIpc) is 2.40. The summed E-state index contributed by atoms with van der Waals surface area (Å²) in [5.41, 5.74) is 1.01. The molecular weight excluding hydrogens is 238 g/mol. The lowest BCUT2D eigenvalue weighted by Gasteiger charge is -2.20. The van der Waals surface area contributed by atoms with Crippen molar-refractivity contribution in [2.75, 3.05) is 11.4 Å². The highest BCUT2D eigenvalue weighted by molar-refractivity contribution is 5.91. The fourth-order valence-electron chi connectivity index (χ4n) is 1.91. The molecule has 1 rings (SSSR count). The fourth-order valence-corrected chi connectivity index (χ4v) is 1.91. The van der Waals surface area contributed by atoms with Crippen molar-refractivity contribution in [2.24, 2.45) is 0 Å². The van der Waals surface area contributed by atoms with Gasteiger partial charge in [-0.3, -0.25) is 9.69 Å². The largest absolute Gasteiger partial charge is 0.281 e. The van der Waals surface area contributed by atoms with E-state index in [0.29, 0.717) is 18.9 Å². The Kier molecular flexibility index (Phi) is 7.08. The second-order valence-electron chi connectivity index (χ2n) is 4.75. The van der Waals surface area contributed by atoms with Crippen molar-refractivity contribution in [3.8, 4) is 0 Å². The minimum Gasteiger partial charge on any atom is -0.281 e. The molecule has 0 bridgehead atoms. The van der Waals surface area contributed by atoms with Crippen LogP contribution in [0.1, 0.15) is 58.6 Å². The summed E-state index contributed by atoms with van der Waals surface area (Å²) in [7, 11) is 0. The standard InChI is InChI=1S/C15H25N3O/c1-4-7-12-18(14(19)9-6-3)15-16-11-10-13(17-15)8-5-2/h10-11H,4-9,12H2,1-3H3. The van der Waals surface area contributed by atoms with Gasteiger partial charge in [0, 0.05) is 24.9 Å². The van der Waals surface area contributed by atoms with Crippen molar-refractivity contribution in [3.63, 3.8) is 0 Å². The zero-order valence-electron chi connectivity index (χ0n) is 12.4. The number of aryl methyl sites for hydroxylation is 1. The van der Waals surface area contributed by atoms with Crippen LogP contribution in [0.25, 0.3) is 0 Å². The Bertz CT molecular complexity index is 393. The summed E-state index contributed by atoms with van der Waals surface area (Å²) in [4.78, 5) is 22.7. The van der Waals surface area contributed by atoms with Gasteiger partial charge in [-0.2, -0.15) is 0 Å². The maximum absolute atomic E-state index is 12.2. The molecule has 0 saturated carbocycles. The molecule has 4 heteroatoms. The number of carbonyl (C=O) groups is 1. The van der Waals surface area contributed by atoms with Crippen molar-refractivity contribution in [2.45, 2.75) is 59.3 Å². The molecule has 1 amide bonds. The Morgan fingerprint density at radius 2 is 2.00 bits per heavy atom. The van der Waals surface area contributed by atoms with Crippen LogP contribution in [0, 0.1) is 0 Å². The van der Waals surface area contributed by atoms with Gasteiger partial charge < -0.3 is 0 Å². The van der Waals surface area contributed by atoms with Gasteiger partial charge in [0.15, 0.2) is 0 Å². The van der Waals surface area contributed by atoms with E-state index in [2.05, 4.69) is 23.8 Å². The molecule has 4 nitrogen and oxygen atoms in total. The SMILES string of the molecule is CCCCN(C(=O)CCC)c1nccc(CCC)n1. The van der Waals surface area contributed by atoms with Crippen LogP contribution >= 0.6 is 0 Å². The van der Waals surface area contributed by atoms with Crippen molar-refractivity contribution in [1.82, 2.24) is 9.97 Å². The molecular formula is C15H25N3O. The summed E-state index contributed by atoms with van der Waals surface area (Å²) in [5.74, 6) is 0.697. The van der Waals surface area contributed by atoms with Gasteiger partial charge in [0.2, 0.25) is 11.9 Å². The smallest absolute Gasteiger partial charge is 0.232 e. The zero-order chi connectivity index (χ0) is 14.1. The van der Waals surface area contributed by atoms with Gasteiger partial charge in [-0.05, 0) is 25.3 Å². The topological polar surface area (TPSA) is 46.1 Å². The van der Waals surface area contributed by atoms with Crippen molar-refractivity contribution < 1.29 is 4.79 Å². The Balaban J connectivity index is 2.88. The van der Waals surface area contributed by atoms with E-state index in [1.807, 2.05) is 13.0 Å². The maximum Gasteiger partial charge on any atom is 0.232 e. The molecule has 106 valence electrons. The van der Waals surface area contributed by atoms with Crippen LogP contribution in [0.3, 0.4) is 0 Å². The second kappa shape index (κ2) is 8.62. The first-order valence-electron chi connectivity index (χ1n) is 7.35. The average molecular weight is 263 g/mol. The summed E-state index contributed by atoms with van der Waals surface area (Å²) in [6, 6.07) is 1.93. The van der Waals surface area contributed by atoms with Crippen LogP contribution in [-0.2, 0) is 11.2 Å². The molecule has 0 aromatic carbocycles. The number of hydrogen-bond donors (Lipinski definition) is 0. The molecule has 0 radical (unpaired) electrons. The van der Waals surface area contributed by atoms with Gasteiger partial charge in [-0.1, -0.05) is 33.6 Å². The predicted molar refractivity (Wildman–Crippen MR) is 78.2 cm³/mol. The lowest BCUT2D eigenvalue weighted by molar-refractivity contribution is -0.118. The van der Waals surface area contributed by atoms with Crippen LogP contribution in [0.15, 0.2) is 12.3 Å². The quantitative estimate of drug-likeness (QED) is 0.722. The van der Waals surface area contributed by atoms with Gasteiger partial charge >= 0.3 is 0 Å². The molecule has 0 atom stereocenters. The van der Waals surface area contributed by atoms with Gasteiger partial charge in [-0.15, -0.1) is 0 Å². The Hall–Kier alpha value is -1.45. The Labute approximate surface area is 116 Å². The first-order valence-corrected chi connectivity index (χ1v) is 7.35. The number of rotatable bonds is 8. The molecule has 0 saturated heterocycles. The lowest BCUT2D eigenvalue weighted by Crippen LogP contribution is -2.33. The number of amides is 1. The lowest BCUT2D eigenvalue weighted by atomic mass is 10.2. The van der Waals surface area contributed by atoms with Gasteiger partial charge in [-0.25, -0.2) is 9.97 Å². The molecule has 1 aromatic rings. The van der Waals surface area contributed by atoms with E-state index in [1.165, 1.54) is 0 Å². The minimum atomic E-state index is 0.129. The highest BCUT2D eigenvalue weighted by Gasteiger charge is 2.17. The number of anilines is 1. The van der Waals surface area contributed by atoms with E-state index in [-0.39, 0.29) is 5.91 Å². The molecule has 0 fully saturated rings. The van der Waals surface area contributed by atoms with Crippen LogP contribution < -0.4 is 4.90 Å². The van der Waals surface area contributed by atoms with E-state index in [9.17, 15) is 4.79 Å². The Morgan fingerprint density at radius 1 is 1.21 bits per heavy atom. The molecule has 1 aromatic heterocycles. The third-order valence-electron chi connectivity index (χ3n) is 2.95. The van der Waals surface area contributed by atoms with E-state index >= 15 is 0 Å². The summed E-state index contributed by atoms with van der Waals surface area (Å²) < 4.78 is 0. The van der Waals surface area contributed by atoms with E-state index in [0.717, 1.165) is 37.8 Å². The van der Waals surface area contributed by atoms with Crippen LogP contribution in [-0.4, -0.2) is 22.4 Å². The summed E-state index contributed by atoms with van der Waals surface area (Å²) in [6.07, 6.45) is 7.20. The van der Waals surface area contributed by atoms with E-state index in [1.54, 1.807) is 11.1 Å². The van der Waals surface area contributed by atoms with Crippen molar-refractivity contribution in [3.05, 3.63) is 18.0 Å². The molecule has 0 N–H and O–H groups in total. The third kappa shape index (κ3) is 4.97. The third-order valence-corrected chi connectivity index (χ3v) is 2.95. The van der Waals surface area contributed by atoms with Crippen molar-refractivity contribution in [1.29, 1.82) is 0 Å². The maximum atomic E-state index is 12.2. The summed E-state index contributed by atoms with van der Waals surface area (Å²) in [5, 5.41) is 0. The summed E-state index contributed by atoms with van der Waals surface area (Å²) in [6.45, 7) is 6.98. The number of nitrogens with zero attached hydrogens (tertiary/aromatic N) is 3. The summed E-state index contributed by atoms with van der Waals surface area (Å²) >= 11 is 0. The van der Waals surface area contributed by atoms with Crippen LogP contribution in [0.4, 0.5) is 5.95 Å². The van der Waals surface area contributed by atoms with E-state index < -0.39 is 0 Å². The molecule has 1 heterocycles. The fraction of sp³-hybridized carbons (Fsp3) is 0.667. The minimum absolute atomic E-state index is 0.129. The molecule has 0 aliphatic heterocycles. The first kappa shape index (κ1) is 15.6. The second-order valence-corrected chi connectivity index (χ2v) is 4.75. The number of carbonyl (C=O) groups excluding carboxylic acids is 1. The number of aromatic nitrogens is 2.